The van der Waals surface area contributed by atoms with Crippen molar-refractivity contribution >= 4 is 56.6 Å². The number of hydrogen-bond donors (Lipinski definition) is 2. The van der Waals surface area contributed by atoms with Crippen molar-refractivity contribution in [3.05, 3.63) is 85.7 Å². The molecule has 1 amide bonds. The first kappa shape index (κ1) is 23.9. The summed E-state index contributed by atoms with van der Waals surface area (Å²) in [4.78, 5) is 26.1. The summed E-state index contributed by atoms with van der Waals surface area (Å²) in [6.45, 7) is 5.42. The summed E-state index contributed by atoms with van der Waals surface area (Å²) in [6, 6.07) is 13.3. The summed E-state index contributed by atoms with van der Waals surface area (Å²) in [5.74, 6) is -1.16. The first-order chi connectivity index (χ1) is 15.4. The molecule has 0 saturated carbocycles. The number of hydrogen-bond acceptors (Lipinski definition) is 7. The van der Waals surface area contributed by atoms with Crippen molar-refractivity contribution in [3.8, 4) is 6.07 Å². The van der Waals surface area contributed by atoms with E-state index in [1.807, 2.05) is 29.6 Å². The highest BCUT2D eigenvalue weighted by atomic mass is 79.9. The molecule has 1 atom stereocenters. The molecule has 9 heteroatoms. The van der Waals surface area contributed by atoms with Gasteiger partial charge in [0.05, 0.1) is 33.9 Å². The van der Waals surface area contributed by atoms with Crippen LogP contribution in [0.1, 0.15) is 17.7 Å². The molecule has 0 saturated heterocycles. The molecule has 6 nitrogen and oxygen atoms in total. The highest BCUT2D eigenvalue weighted by Crippen LogP contribution is 2.42. The molecule has 0 aliphatic carbocycles. The average Bonchev–Trinajstić information content (AvgIpc) is 3.31. The molecule has 0 radical (unpaired) electrons. The van der Waals surface area contributed by atoms with Gasteiger partial charge in [0.1, 0.15) is 6.61 Å². The van der Waals surface area contributed by atoms with E-state index in [2.05, 4.69) is 39.2 Å². The minimum Gasteiger partial charge on any atom is -0.458 e. The third-order valence-electron chi connectivity index (χ3n) is 4.50. The number of thiophene rings is 1. The molecule has 1 aliphatic heterocycles. The Morgan fingerprint density at radius 2 is 2.12 bits per heavy atom. The Bertz CT molecular complexity index is 1120. The number of benzene rings is 1. The second-order valence-electron chi connectivity index (χ2n) is 6.70. The van der Waals surface area contributed by atoms with Crippen molar-refractivity contribution in [2.45, 2.75) is 12.8 Å². The molecule has 1 aromatic carbocycles. The molecule has 2 aromatic rings. The number of esters is 1. The van der Waals surface area contributed by atoms with Crippen LogP contribution in [-0.2, 0) is 14.3 Å². The lowest BCUT2D eigenvalue weighted by atomic mass is 9.87. The molecule has 0 unspecified atom stereocenters. The molecule has 2 heterocycles. The van der Waals surface area contributed by atoms with Gasteiger partial charge in [0.15, 0.2) is 0 Å². The van der Waals surface area contributed by atoms with Gasteiger partial charge in [-0.3, -0.25) is 4.79 Å². The molecule has 0 fully saturated rings. The predicted molar refractivity (Wildman–Crippen MR) is 132 cm³/mol. The Labute approximate surface area is 203 Å². The van der Waals surface area contributed by atoms with Gasteiger partial charge in [0, 0.05) is 20.7 Å². The monoisotopic (exact) mass is 529 g/mol. The molecular weight excluding hydrogens is 510 g/mol. The third-order valence-corrected chi connectivity index (χ3v) is 6.99. The summed E-state index contributed by atoms with van der Waals surface area (Å²) < 4.78 is 6.19. The van der Waals surface area contributed by atoms with Gasteiger partial charge in [-0.25, -0.2) is 4.79 Å². The predicted octanol–water partition coefficient (Wildman–Crippen LogP) is 5.31. The fraction of sp³-hybridized carbons (Fsp3) is 0.174. The molecular formula is C23H20BrN3O3S2. The first-order valence-corrected chi connectivity index (χ1v) is 12.2. The number of anilines is 1. The smallest absolute Gasteiger partial charge is 0.337 e. The normalized spacial score (nSPS) is 15.6. The molecule has 32 heavy (non-hydrogen) atoms. The van der Waals surface area contributed by atoms with Crippen LogP contribution in [0, 0.1) is 11.3 Å². The fourth-order valence-corrected chi connectivity index (χ4v) is 5.12. The standard InChI is InChI=1S/C23H20BrN3O3S2/c1-3-10-30-23(29)20-14(2)26-22(17(12-25)21(20)18-5-4-11-31-18)32-13-19(28)27-16-8-6-15(24)7-9-16/h3-9,11,21,26H,1,10,13H2,2H3,(H,27,28)/t21-/m1/s1. The van der Waals surface area contributed by atoms with Crippen LogP contribution in [0.15, 0.2) is 80.8 Å². The van der Waals surface area contributed by atoms with E-state index in [1.54, 1.807) is 19.1 Å². The molecule has 1 aliphatic rings. The number of thioether (sulfide) groups is 1. The molecule has 1 aromatic heterocycles. The van der Waals surface area contributed by atoms with Gasteiger partial charge in [-0.15, -0.1) is 11.3 Å². The van der Waals surface area contributed by atoms with E-state index in [0.29, 0.717) is 27.6 Å². The van der Waals surface area contributed by atoms with Gasteiger partial charge in [0.25, 0.3) is 0 Å². The van der Waals surface area contributed by atoms with Gasteiger partial charge in [0.2, 0.25) is 5.91 Å². The topological polar surface area (TPSA) is 91.2 Å². The largest absolute Gasteiger partial charge is 0.458 e. The van der Waals surface area contributed by atoms with E-state index in [9.17, 15) is 14.9 Å². The lowest BCUT2D eigenvalue weighted by Crippen LogP contribution is -2.29. The van der Waals surface area contributed by atoms with Gasteiger partial charge in [-0.2, -0.15) is 5.26 Å². The molecule has 0 bridgehead atoms. The molecule has 0 spiro atoms. The Kier molecular flexibility index (Phi) is 8.33. The number of ether oxygens (including phenoxy) is 1. The number of allylic oxidation sites excluding steroid dienone is 2. The maximum atomic E-state index is 12.8. The molecule has 2 N–H and O–H groups in total. The van der Waals surface area contributed by atoms with E-state index in [-0.39, 0.29) is 18.3 Å². The van der Waals surface area contributed by atoms with E-state index in [4.69, 9.17) is 4.74 Å². The van der Waals surface area contributed by atoms with Crippen LogP contribution in [-0.4, -0.2) is 24.2 Å². The number of amides is 1. The second kappa shape index (κ2) is 11.2. The Morgan fingerprint density at radius 3 is 2.75 bits per heavy atom. The summed E-state index contributed by atoms with van der Waals surface area (Å²) in [5.41, 5.74) is 2.04. The Morgan fingerprint density at radius 1 is 1.38 bits per heavy atom. The quantitative estimate of drug-likeness (QED) is 0.355. The Hall–Kier alpha value is -2.80. The number of nitriles is 1. The average molecular weight is 530 g/mol. The Balaban J connectivity index is 1.83. The van der Waals surface area contributed by atoms with E-state index in [0.717, 1.165) is 9.35 Å². The van der Waals surface area contributed by atoms with Crippen molar-refractivity contribution in [1.82, 2.24) is 5.32 Å². The van der Waals surface area contributed by atoms with Gasteiger partial charge < -0.3 is 15.4 Å². The number of rotatable bonds is 8. The van der Waals surface area contributed by atoms with Gasteiger partial charge >= 0.3 is 5.97 Å². The van der Waals surface area contributed by atoms with Crippen LogP contribution in [0.25, 0.3) is 0 Å². The third kappa shape index (κ3) is 5.71. The zero-order chi connectivity index (χ0) is 23.1. The van der Waals surface area contributed by atoms with E-state index < -0.39 is 11.9 Å². The minimum absolute atomic E-state index is 0.0796. The van der Waals surface area contributed by atoms with Crippen molar-refractivity contribution in [2.24, 2.45) is 0 Å². The number of dihydropyridines is 1. The van der Waals surface area contributed by atoms with Crippen LogP contribution >= 0.6 is 39.0 Å². The second-order valence-corrected chi connectivity index (χ2v) is 9.58. The van der Waals surface area contributed by atoms with Gasteiger partial charge in [-0.1, -0.05) is 46.4 Å². The summed E-state index contributed by atoms with van der Waals surface area (Å²) in [6.07, 6.45) is 1.50. The summed E-state index contributed by atoms with van der Waals surface area (Å²) in [5, 5.41) is 18.4. The lowest BCUT2D eigenvalue weighted by molar-refractivity contribution is -0.138. The van der Waals surface area contributed by atoms with Crippen molar-refractivity contribution in [2.75, 3.05) is 17.7 Å². The van der Waals surface area contributed by atoms with Gasteiger partial charge in [-0.05, 0) is 42.6 Å². The SMILES string of the molecule is C=CCOC(=O)C1=C(C)NC(SCC(=O)Nc2ccc(Br)cc2)=C(C#N)[C@@H]1c1cccs1. The maximum absolute atomic E-state index is 12.8. The van der Waals surface area contributed by atoms with E-state index in [1.165, 1.54) is 29.2 Å². The zero-order valence-electron chi connectivity index (χ0n) is 17.2. The summed E-state index contributed by atoms with van der Waals surface area (Å²) in [7, 11) is 0. The van der Waals surface area contributed by atoms with Crippen LogP contribution in [0.4, 0.5) is 5.69 Å². The van der Waals surface area contributed by atoms with E-state index >= 15 is 0 Å². The maximum Gasteiger partial charge on any atom is 0.337 e. The minimum atomic E-state index is -0.560. The van der Waals surface area contributed by atoms with Crippen LogP contribution in [0.3, 0.4) is 0 Å². The number of halogens is 1. The van der Waals surface area contributed by atoms with Crippen LogP contribution < -0.4 is 10.6 Å². The van der Waals surface area contributed by atoms with Crippen LogP contribution in [0.2, 0.25) is 0 Å². The number of nitrogens with zero attached hydrogens (tertiary/aromatic N) is 1. The first-order valence-electron chi connectivity index (χ1n) is 9.56. The lowest BCUT2D eigenvalue weighted by Gasteiger charge is -2.28. The van der Waals surface area contributed by atoms with Crippen molar-refractivity contribution in [3.63, 3.8) is 0 Å². The summed E-state index contributed by atoms with van der Waals surface area (Å²) >= 11 is 6.04. The highest BCUT2D eigenvalue weighted by Gasteiger charge is 2.36. The number of nitrogens with one attached hydrogen (secondary N) is 2. The zero-order valence-corrected chi connectivity index (χ0v) is 20.4. The number of carbonyl (C=O) groups is 2. The van der Waals surface area contributed by atoms with Crippen LogP contribution in [0.5, 0.6) is 0 Å². The number of carbonyl (C=O) groups excluding carboxylic acids is 2. The van der Waals surface area contributed by atoms with Crippen molar-refractivity contribution in [1.29, 1.82) is 5.26 Å². The fourth-order valence-electron chi connectivity index (χ4n) is 3.12. The van der Waals surface area contributed by atoms with Crippen molar-refractivity contribution < 1.29 is 14.3 Å². The molecule has 164 valence electrons. The molecule has 3 rings (SSSR count). The highest BCUT2D eigenvalue weighted by molar-refractivity contribution is 9.10.